The lowest BCUT2D eigenvalue weighted by molar-refractivity contribution is 1.17. The van der Waals surface area contributed by atoms with Gasteiger partial charge in [-0.25, -0.2) is 4.98 Å². The van der Waals surface area contributed by atoms with Crippen molar-refractivity contribution in [2.45, 2.75) is 0 Å². The number of nitrogens with one attached hydrogen (secondary N) is 1. The fraction of sp³-hybridized carbons (Fsp3) is 0. The largest absolute Gasteiger partial charge is 0.317 e. The number of H-pyrrole nitrogens is 1. The summed E-state index contributed by atoms with van der Waals surface area (Å²) in [6.07, 6.45) is 1.90. The molecule has 2 aromatic heterocycles. The van der Waals surface area contributed by atoms with Gasteiger partial charge in [0, 0.05) is 11.8 Å². The molecule has 0 aliphatic carbocycles. The van der Waals surface area contributed by atoms with Gasteiger partial charge >= 0.3 is 0 Å². The molecule has 0 spiro atoms. The first-order chi connectivity index (χ1) is 9.83. The van der Waals surface area contributed by atoms with Crippen molar-refractivity contribution in [1.82, 2.24) is 14.4 Å². The molecule has 2 heterocycles. The van der Waals surface area contributed by atoms with Crippen LogP contribution < -0.4 is 5.56 Å². The summed E-state index contributed by atoms with van der Waals surface area (Å²) in [5.74, 6) is 0. The number of fused-ring (bicyclic) bond motifs is 3. The van der Waals surface area contributed by atoms with Gasteiger partial charge in [0.15, 0.2) is 0 Å². The fourth-order valence-electron chi connectivity index (χ4n) is 2.44. The van der Waals surface area contributed by atoms with Crippen LogP contribution in [0.2, 0.25) is 0 Å². The molecule has 2 aromatic carbocycles. The summed E-state index contributed by atoms with van der Waals surface area (Å²) in [7, 11) is 0. The van der Waals surface area contributed by atoms with E-state index in [2.05, 4.69) is 9.97 Å². The van der Waals surface area contributed by atoms with Gasteiger partial charge in [-0.05, 0) is 12.1 Å². The van der Waals surface area contributed by atoms with Crippen molar-refractivity contribution in [3.05, 3.63) is 71.1 Å². The molecule has 0 saturated heterocycles. The van der Waals surface area contributed by atoms with Gasteiger partial charge in [-0.15, -0.1) is 0 Å². The van der Waals surface area contributed by atoms with Gasteiger partial charge in [0.05, 0.1) is 16.7 Å². The lowest BCUT2D eigenvalue weighted by Gasteiger charge is -1.99. The molecule has 4 nitrogen and oxygen atoms in total. The Hall–Kier alpha value is -2.88. The minimum absolute atomic E-state index is 0.175. The monoisotopic (exact) mass is 261 g/mol. The van der Waals surface area contributed by atoms with Crippen molar-refractivity contribution < 1.29 is 0 Å². The molecule has 4 rings (SSSR count). The number of benzene rings is 2. The van der Waals surface area contributed by atoms with E-state index < -0.39 is 0 Å². The van der Waals surface area contributed by atoms with Crippen molar-refractivity contribution in [2.75, 3.05) is 0 Å². The van der Waals surface area contributed by atoms with Crippen molar-refractivity contribution in [3.63, 3.8) is 0 Å². The second kappa shape index (κ2) is 4.06. The number of rotatable bonds is 1. The van der Waals surface area contributed by atoms with E-state index in [1.807, 2.05) is 65.2 Å². The summed E-state index contributed by atoms with van der Waals surface area (Å²) in [5.41, 5.74) is 3.79. The Morgan fingerprint density at radius 2 is 1.70 bits per heavy atom. The maximum atomic E-state index is 12.1. The minimum atomic E-state index is -0.175. The molecule has 1 N–H and O–H groups in total. The van der Waals surface area contributed by atoms with Crippen molar-refractivity contribution in [3.8, 4) is 11.3 Å². The average Bonchev–Trinajstić information content (AvgIpc) is 2.94. The van der Waals surface area contributed by atoms with Crippen molar-refractivity contribution in [1.29, 1.82) is 0 Å². The first kappa shape index (κ1) is 11.0. The number of aromatic amines is 1. The van der Waals surface area contributed by atoms with E-state index in [1.54, 1.807) is 0 Å². The van der Waals surface area contributed by atoms with Gasteiger partial charge in [-0.2, -0.15) is 0 Å². The van der Waals surface area contributed by atoms with Crippen LogP contribution in [0.3, 0.4) is 0 Å². The van der Waals surface area contributed by atoms with Crippen LogP contribution in [0, 0.1) is 0 Å². The standard InChI is InChI=1S/C16H11N3O/c20-16-15-17-13(11-6-2-1-3-7-11)10-19(15)14-9-5-4-8-12(14)18-16/h1-10H,(H,18,20). The average molecular weight is 261 g/mol. The number of nitrogens with zero attached hydrogens (tertiary/aromatic N) is 2. The minimum Gasteiger partial charge on any atom is -0.317 e. The SMILES string of the molecule is O=c1[nH]c2ccccc2n2cc(-c3ccccc3)nc12. The predicted molar refractivity (Wildman–Crippen MR) is 78.8 cm³/mol. The van der Waals surface area contributed by atoms with E-state index in [0.29, 0.717) is 5.65 Å². The third kappa shape index (κ3) is 1.55. The van der Waals surface area contributed by atoms with Gasteiger partial charge in [0.2, 0.25) is 5.65 Å². The maximum absolute atomic E-state index is 12.1. The van der Waals surface area contributed by atoms with Gasteiger partial charge in [0.25, 0.3) is 5.56 Å². The Bertz CT molecular complexity index is 967. The van der Waals surface area contributed by atoms with Crippen LogP contribution in [-0.4, -0.2) is 14.4 Å². The first-order valence-electron chi connectivity index (χ1n) is 6.38. The molecule has 0 fully saturated rings. The Kier molecular flexibility index (Phi) is 2.23. The van der Waals surface area contributed by atoms with Crippen LogP contribution in [0.4, 0.5) is 0 Å². The molecule has 0 radical (unpaired) electrons. The molecule has 20 heavy (non-hydrogen) atoms. The van der Waals surface area contributed by atoms with E-state index in [-0.39, 0.29) is 5.56 Å². The van der Waals surface area contributed by atoms with Gasteiger partial charge in [-0.3, -0.25) is 9.20 Å². The van der Waals surface area contributed by atoms with Crippen LogP contribution in [0.5, 0.6) is 0 Å². The van der Waals surface area contributed by atoms with E-state index in [1.165, 1.54) is 0 Å². The zero-order chi connectivity index (χ0) is 13.5. The molecule has 0 saturated carbocycles. The summed E-state index contributed by atoms with van der Waals surface area (Å²) in [4.78, 5) is 19.4. The maximum Gasteiger partial charge on any atom is 0.292 e. The molecule has 0 aliphatic rings. The van der Waals surface area contributed by atoms with E-state index in [0.717, 1.165) is 22.3 Å². The lowest BCUT2D eigenvalue weighted by Crippen LogP contribution is -2.10. The Labute approximate surface area is 114 Å². The molecular formula is C16H11N3O. The zero-order valence-electron chi connectivity index (χ0n) is 10.6. The third-order valence-electron chi connectivity index (χ3n) is 3.39. The quantitative estimate of drug-likeness (QED) is 0.573. The molecule has 0 unspecified atom stereocenters. The van der Waals surface area contributed by atoms with Crippen LogP contribution in [0.15, 0.2) is 65.6 Å². The molecule has 4 heteroatoms. The van der Waals surface area contributed by atoms with Gasteiger partial charge < -0.3 is 4.98 Å². The fourth-order valence-corrected chi connectivity index (χ4v) is 2.44. The van der Waals surface area contributed by atoms with E-state index >= 15 is 0 Å². The molecule has 0 aliphatic heterocycles. The molecular weight excluding hydrogens is 250 g/mol. The zero-order valence-corrected chi connectivity index (χ0v) is 10.6. The van der Waals surface area contributed by atoms with Crippen LogP contribution >= 0.6 is 0 Å². The van der Waals surface area contributed by atoms with Crippen LogP contribution in [0.25, 0.3) is 27.9 Å². The summed E-state index contributed by atoms with van der Waals surface area (Å²) in [6, 6.07) is 17.6. The second-order valence-electron chi connectivity index (χ2n) is 4.66. The highest BCUT2D eigenvalue weighted by atomic mass is 16.1. The number of imidazole rings is 1. The summed E-state index contributed by atoms with van der Waals surface area (Å²) >= 11 is 0. The van der Waals surface area contributed by atoms with E-state index in [9.17, 15) is 4.79 Å². The number of aromatic nitrogens is 3. The molecule has 0 bridgehead atoms. The smallest absolute Gasteiger partial charge is 0.292 e. The Morgan fingerprint density at radius 3 is 2.55 bits per heavy atom. The van der Waals surface area contributed by atoms with Crippen molar-refractivity contribution >= 4 is 16.7 Å². The number of hydrogen-bond donors (Lipinski definition) is 1. The summed E-state index contributed by atoms with van der Waals surface area (Å²) in [5, 5.41) is 0. The van der Waals surface area contributed by atoms with Gasteiger partial charge in [0.1, 0.15) is 0 Å². The van der Waals surface area contributed by atoms with Crippen molar-refractivity contribution in [2.24, 2.45) is 0 Å². The number of hydrogen-bond acceptors (Lipinski definition) is 2. The Balaban J connectivity index is 2.11. The Morgan fingerprint density at radius 1 is 0.950 bits per heavy atom. The normalized spacial score (nSPS) is 11.2. The second-order valence-corrected chi connectivity index (χ2v) is 4.66. The van der Waals surface area contributed by atoms with Crippen LogP contribution in [0.1, 0.15) is 0 Å². The molecule has 96 valence electrons. The molecule has 0 atom stereocenters. The number of para-hydroxylation sites is 2. The first-order valence-corrected chi connectivity index (χ1v) is 6.38. The summed E-state index contributed by atoms with van der Waals surface area (Å²) < 4.78 is 1.84. The van der Waals surface area contributed by atoms with Crippen LogP contribution in [-0.2, 0) is 0 Å². The highest BCUT2D eigenvalue weighted by molar-refractivity contribution is 5.78. The summed E-state index contributed by atoms with van der Waals surface area (Å²) in [6.45, 7) is 0. The van der Waals surface area contributed by atoms with E-state index in [4.69, 9.17) is 0 Å². The van der Waals surface area contributed by atoms with Gasteiger partial charge in [-0.1, -0.05) is 42.5 Å². The highest BCUT2D eigenvalue weighted by Gasteiger charge is 2.09. The molecule has 0 amide bonds. The molecule has 4 aromatic rings. The highest BCUT2D eigenvalue weighted by Crippen LogP contribution is 2.20. The topological polar surface area (TPSA) is 50.2 Å². The third-order valence-corrected chi connectivity index (χ3v) is 3.39. The lowest BCUT2D eigenvalue weighted by atomic mass is 10.2. The predicted octanol–water partition coefficient (Wildman–Crippen LogP) is 2.84.